The van der Waals surface area contributed by atoms with Crippen molar-refractivity contribution in [3.63, 3.8) is 0 Å². The summed E-state index contributed by atoms with van der Waals surface area (Å²) in [6, 6.07) is 16.5. The Morgan fingerprint density at radius 1 is 0.968 bits per heavy atom. The van der Waals surface area contributed by atoms with Crippen LogP contribution in [0.3, 0.4) is 0 Å². The van der Waals surface area contributed by atoms with Crippen molar-refractivity contribution in [1.82, 2.24) is 19.4 Å². The Balaban J connectivity index is 1.23. The lowest BCUT2D eigenvalue weighted by Crippen LogP contribution is -2.49. The third-order valence-electron chi connectivity index (χ3n) is 5.90. The maximum absolute atomic E-state index is 12.5. The van der Waals surface area contributed by atoms with E-state index in [0.29, 0.717) is 6.54 Å². The highest BCUT2D eigenvalue weighted by molar-refractivity contribution is 5.93. The van der Waals surface area contributed by atoms with E-state index in [0.717, 1.165) is 67.5 Å². The summed E-state index contributed by atoms with van der Waals surface area (Å²) in [5.41, 5.74) is 4.31. The zero-order valence-electron chi connectivity index (χ0n) is 18.4. The topological polar surface area (TPSA) is 53.4 Å². The molecule has 0 atom stereocenters. The van der Waals surface area contributed by atoms with Crippen molar-refractivity contribution in [3.05, 3.63) is 72.1 Å². The predicted octanol–water partition coefficient (Wildman–Crippen LogP) is 3.42. The normalized spacial score (nSPS) is 15.2. The number of carbonyl (C=O) groups excluding carboxylic acids is 1. The van der Waals surface area contributed by atoms with E-state index in [4.69, 9.17) is 0 Å². The minimum Gasteiger partial charge on any atom is -0.330 e. The molecule has 0 radical (unpaired) electrons. The summed E-state index contributed by atoms with van der Waals surface area (Å²) in [5.74, 6) is 1.08. The summed E-state index contributed by atoms with van der Waals surface area (Å²) < 4.78 is 2.22. The van der Waals surface area contributed by atoms with Crippen LogP contribution in [0.2, 0.25) is 0 Å². The first-order valence-electron chi connectivity index (χ1n) is 11.0. The van der Waals surface area contributed by atoms with Gasteiger partial charge in [-0.25, -0.2) is 4.98 Å². The number of benzene rings is 2. The van der Waals surface area contributed by atoms with E-state index in [2.05, 4.69) is 49.1 Å². The fourth-order valence-electron chi connectivity index (χ4n) is 4.02. The number of piperazine rings is 1. The smallest absolute Gasteiger partial charge is 0.238 e. The largest absolute Gasteiger partial charge is 0.330 e. The lowest BCUT2D eigenvalue weighted by atomic mass is 10.1. The monoisotopic (exact) mass is 417 g/mol. The Hall–Kier alpha value is -2.96. The van der Waals surface area contributed by atoms with E-state index in [1.807, 2.05) is 50.4 Å². The fourth-order valence-corrected chi connectivity index (χ4v) is 4.02. The average molecular weight is 418 g/mol. The SMILES string of the molecule is Cc1ccc(C)c(NC(=O)CN2CCN(CCn3ccnc3-c3ccccc3)CC2)c1. The van der Waals surface area contributed by atoms with Crippen LogP contribution in [-0.2, 0) is 11.3 Å². The van der Waals surface area contributed by atoms with Crippen LogP contribution in [0.5, 0.6) is 0 Å². The molecular weight excluding hydrogens is 386 g/mol. The number of anilines is 1. The lowest BCUT2D eigenvalue weighted by Gasteiger charge is -2.34. The van der Waals surface area contributed by atoms with E-state index >= 15 is 0 Å². The number of hydrogen-bond acceptors (Lipinski definition) is 4. The third kappa shape index (κ3) is 5.60. The van der Waals surface area contributed by atoms with Crippen LogP contribution in [-0.4, -0.2) is 64.5 Å². The van der Waals surface area contributed by atoms with Gasteiger partial charge in [0.1, 0.15) is 5.82 Å². The molecule has 3 aromatic rings. The first-order valence-corrected chi connectivity index (χ1v) is 11.0. The number of rotatable bonds is 7. The molecule has 6 heteroatoms. The zero-order chi connectivity index (χ0) is 21.6. The van der Waals surface area contributed by atoms with Gasteiger partial charge in [0.05, 0.1) is 6.54 Å². The van der Waals surface area contributed by atoms with Gasteiger partial charge in [0.2, 0.25) is 5.91 Å². The molecule has 0 aliphatic carbocycles. The Bertz CT molecular complexity index is 1010. The molecule has 2 aromatic carbocycles. The maximum atomic E-state index is 12.5. The van der Waals surface area contributed by atoms with Gasteiger partial charge in [-0.1, -0.05) is 42.5 Å². The number of hydrogen-bond donors (Lipinski definition) is 1. The van der Waals surface area contributed by atoms with Gasteiger partial charge in [-0.05, 0) is 31.0 Å². The van der Waals surface area contributed by atoms with Crippen LogP contribution in [0.4, 0.5) is 5.69 Å². The second-order valence-electron chi connectivity index (χ2n) is 8.29. The molecule has 1 saturated heterocycles. The minimum atomic E-state index is 0.0630. The number of aryl methyl sites for hydroxylation is 2. The molecule has 31 heavy (non-hydrogen) atoms. The van der Waals surface area contributed by atoms with E-state index < -0.39 is 0 Å². The highest BCUT2D eigenvalue weighted by Gasteiger charge is 2.19. The summed E-state index contributed by atoms with van der Waals surface area (Å²) in [5, 5.41) is 3.07. The van der Waals surface area contributed by atoms with Gasteiger partial charge in [-0.2, -0.15) is 0 Å². The van der Waals surface area contributed by atoms with Gasteiger partial charge in [-0.15, -0.1) is 0 Å². The van der Waals surface area contributed by atoms with Gasteiger partial charge in [0, 0.05) is 62.9 Å². The number of amides is 1. The van der Waals surface area contributed by atoms with E-state index in [-0.39, 0.29) is 5.91 Å². The molecular formula is C25H31N5O. The molecule has 1 amide bonds. The number of carbonyl (C=O) groups is 1. The Morgan fingerprint density at radius 3 is 2.48 bits per heavy atom. The predicted molar refractivity (Wildman–Crippen MR) is 125 cm³/mol. The molecule has 2 heterocycles. The van der Waals surface area contributed by atoms with Crippen molar-refractivity contribution < 1.29 is 4.79 Å². The van der Waals surface area contributed by atoms with Crippen molar-refractivity contribution in [2.75, 3.05) is 44.6 Å². The third-order valence-corrected chi connectivity index (χ3v) is 5.90. The zero-order valence-corrected chi connectivity index (χ0v) is 18.4. The van der Waals surface area contributed by atoms with Crippen LogP contribution in [0.15, 0.2) is 60.9 Å². The van der Waals surface area contributed by atoms with Gasteiger partial charge in [-0.3, -0.25) is 14.6 Å². The van der Waals surface area contributed by atoms with E-state index in [1.54, 1.807) is 0 Å². The Kier molecular flexibility index (Phi) is 6.79. The molecule has 1 aromatic heterocycles. The van der Waals surface area contributed by atoms with Crippen molar-refractivity contribution >= 4 is 11.6 Å². The molecule has 1 aliphatic heterocycles. The van der Waals surface area contributed by atoms with Crippen molar-refractivity contribution in [2.45, 2.75) is 20.4 Å². The van der Waals surface area contributed by atoms with E-state index in [9.17, 15) is 4.79 Å². The maximum Gasteiger partial charge on any atom is 0.238 e. The van der Waals surface area contributed by atoms with Crippen LogP contribution < -0.4 is 5.32 Å². The summed E-state index contributed by atoms with van der Waals surface area (Å²) in [6.45, 7) is 10.2. The van der Waals surface area contributed by atoms with E-state index in [1.165, 1.54) is 0 Å². The Morgan fingerprint density at radius 2 is 1.71 bits per heavy atom. The van der Waals surface area contributed by atoms with Gasteiger partial charge < -0.3 is 9.88 Å². The summed E-state index contributed by atoms with van der Waals surface area (Å²) in [4.78, 5) is 21.7. The molecule has 1 N–H and O–H groups in total. The number of nitrogens with one attached hydrogen (secondary N) is 1. The molecule has 162 valence electrons. The van der Waals surface area contributed by atoms with Crippen LogP contribution in [0.25, 0.3) is 11.4 Å². The van der Waals surface area contributed by atoms with Crippen molar-refractivity contribution in [2.24, 2.45) is 0 Å². The van der Waals surface area contributed by atoms with Crippen molar-refractivity contribution in [3.8, 4) is 11.4 Å². The molecule has 0 unspecified atom stereocenters. The standard InChI is InChI=1S/C25H31N5O/c1-20-8-9-21(2)23(18-20)27-24(31)19-29-14-12-28(13-15-29)16-17-30-11-10-26-25(30)22-6-4-3-5-7-22/h3-11,18H,12-17,19H2,1-2H3,(H,27,31). The molecule has 0 spiro atoms. The highest BCUT2D eigenvalue weighted by Crippen LogP contribution is 2.18. The molecule has 6 nitrogen and oxygen atoms in total. The average Bonchev–Trinajstić information content (AvgIpc) is 3.25. The first-order chi connectivity index (χ1) is 15.1. The molecule has 0 saturated carbocycles. The lowest BCUT2D eigenvalue weighted by molar-refractivity contribution is -0.117. The number of aromatic nitrogens is 2. The van der Waals surface area contributed by atoms with Crippen LogP contribution in [0.1, 0.15) is 11.1 Å². The molecule has 0 bridgehead atoms. The van der Waals surface area contributed by atoms with Crippen LogP contribution >= 0.6 is 0 Å². The Labute approximate surface area is 184 Å². The first kappa shape index (κ1) is 21.3. The molecule has 1 aliphatic rings. The van der Waals surface area contributed by atoms with Gasteiger partial charge in [0.15, 0.2) is 0 Å². The van der Waals surface area contributed by atoms with Crippen LogP contribution in [0, 0.1) is 13.8 Å². The minimum absolute atomic E-state index is 0.0630. The fraction of sp³-hybridized carbons (Fsp3) is 0.360. The summed E-state index contributed by atoms with van der Waals surface area (Å²) in [7, 11) is 0. The second-order valence-corrected chi connectivity index (χ2v) is 8.29. The number of imidazole rings is 1. The quantitative estimate of drug-likeness (QED) is 0.640. The van der Waals surface area contributed by atoms with Crippen molar-refractivity contribution in [1.29, 1.82) is 0 Å². The summed E-state index contributed by atoms with van der Waals surface area (Å²) >= 11 is 0. The van der Waals surface area contributed by atoms with Gasteiger partial charge in [0.25, 0.3) is 0 Å². The summed E-state index contributed by atoms with van der Waals surface area (Å²) in [6.07, 6.45) is 3.92. The number of nitrogens with zero attached hydrogens (tertiary/aromatic N) is 4. The molecule has 1 fully saturated rings. The second kappa shape index (κ2) is 9.90. The molecule has 4 rings (SSSR count). The van der Waals surface area contributed by atoms with Gasteiger partial charge >= 0.3 is 0 Å². The highest BCUT2D eigenvalue weighted by atomic mass is 16.2.